The Balaban J connectivity index is 1.59. The minimum absolute atomic E-state index is 0.169. The standard InChI is InChI=1S/C25H30N4O5/c1-32-22-15-18-14-19(24(30)27-21(18)16-23(22)33-2)17-29(9-8-28-10-12-34-13-11-28)25(31)26-20-6-4-3-5-7-20/h3-7,14-16H,8-13,17H2,1-2H3,(H,26,31)(H,27,30). The zero-order valence-electron chi connectivity index (χ0n) is 19.5. The maximum Gasteiger partial charge on any atom is 0.322 e. The van der Waals surface area contributed by atoms with Gasteiger partial charge in [0, 0.05) is 48.9 Å². The van der Waals surface area contributed by atoms with Crippen molar-refractivity contribution in [3.05, 3.63) is 64.4 Å². The molecule has 2 N–H and O–H groups in total. The molecule has 1 aliphatic heterocycles. The van der Waals surface area contributed by atoms with Gasteiger partial charge in [-0.15, -0.1) is 0 Å². The third-order valence-corrected chi connectivity index (χ3v) is 5.89. The summed E-state index contributed by atoms with van der Waals surface area (Å²) in [7, 11) is 3.12. The second-order valence-corrected chi connectivity index (χ2v) is 8.09. The highest BCUT2D eigenvalue weighted by Crippen LogP contribution is 2.31. The fourth-order valence-corrected chi connectivity index (χ4v) is 3.96. The van der Waals surface area contributed by atoms with E-state index < -0.39 is 0 Å². The molecule has 9 nitrogen and oxygen atoms in total. The van der Waals surface area contributed by atoms with Crippen molar-refractivity contribution in [3.63, 3.8) is 0 Å². The Morgan fingerprint density at radius 3 is 2.50 bits per heavy atom. The molecule has 0 saturated carbocycles. The number of amides is 2. The van der Waals surface area contributed by atoms with Crippen LogP contribution < -0.4 is 20.3 Å². The van der Waals surface area contributed by atoms with Crippen LogP contribution >= 0.6 is 0 Å². The zero-order valence-corrected chi connectivity index (χ0v) is 19.5. The highest BCUT2D eigenvalue weighted by molar-refractivity contribution is 5.89. The Morgan fingerprint density at radius 2 is 1.79 bits per heavy atom. The van der Waals surface area contributed by atoms with E-state index in [1.54, 1.807) is 31.3 Å². The normalized spacial score (nSPS) is 14.1. The number of urea groups is 1. The smallest absolute Gasteiger partial charge is 0.322 e. The number of nitrogens with one attached hydrogen (secondary N) is 2. The molecule has 180 valence electrons. The third kappa shape index (κ3) is 5.67. The third-order valence-electron chi connectivity index (χ3n) is 5.89. The van der Waals surface area contributed by atoms with Gasteiger partial charge in [-0.3, -0.25) is 9.69 Å². The average molecular weight is 467 g/mol. The number of carbonyl (C=O) groups excluding carboxylic acids is 1. The first-order valence-electron chi connectivity index (χ1n) is 11.3. The number of hydrogen-bond acceptors (Lipinski definition) is 6. The Bertz CT molecular complexity index is 1180. The zero-order chi connectivity index (χ0) is 23.9. The molecule has 2 amide bonds. The molecule has 1 aliphatic rings. The van der Waals surface area contributed by atoms with Crippen molar-refractivity contribution in [1.82, 2.24) is 14.8 Å². The molecule has 0 atom stereocenters. The molecule has 34 heavy (non-hydrogen) atoms. The molecule has 0 bridgehead atoms. The van der Waals surface area contributed by atoms with Gasteiger partial charge in [0.25, 0.3) is 5.56 Å². The van der Waals surface area contributed by atoms with Crippen LogP contribution in [0, 0.1) is 0 Å². The lowest BCUT2D eigenvalue weighted by Crippen LogP contribution is -2.44. The largest absolute Gasteiger partial charge is 0.493 e. The Kier molecular flexibility index (Phi) is 7.66. The number of aromatic amines is 1. The summed E-state index contributed by atoms with van der Waals surface area (Å²) in [5.74, 6) is 1.10. The van der Waals surface area contributed by atoms with Crippen LogP contribution in [0.3, 0.4) is 0 Å². The summed E-state index contributed by atoms with van der Waals surface area (Å²) >= 11 is 0. The maximum absolute atomic E-state index is 13.2. The van der Waals surface area contributed by atoms with E-state index >= 15 is 0 Å². The number of rotatable bonds is 8. The van der Waals surface area contributed by atoms with Crippen molar-refractivity contribution in [2.45, 2.75) is 6.54 Å². The van der Waals surface area contributed by atoms with Gasteiger partial charge < -0.3 is 29.4 Å². The fourth-order valence-electron chi connectivity index (χ4n) is 3.96. The first-order valence-corrected chi connectivity index (χ1v) is 11.3. The molecule has 0 unspecified atom stereocenters. The molecule has 1 aromatic heterocycles. The van der Waals surface area contributed by atoms with Gasteiger partial charge in [0.05, 0.1) is 39.5 Å². The number of hydrogen-bond donors (Lipinski definition) is 2. The van der Waals surface area contributed by atoms with E-state index in [1.165, 1.54) is 0 Å². The van der Waals surface area contributed by atoms with Crippen LogP contribution in [0.5, 0.6) is 11.5 Å². The quantitative estimate of drug-likeness (QED) is 0.530. The van der Waals surface area contributed by atoms with Gasteiger partial charge in [-0.2, -0.15) is 0 Å². The van der Waals surface area contributed by atoms with Gasteiger partial charge in [-0.25, -0.2) is 4.79 Å². The number of methoxy groups -OCH3 is 2. The topological polar surface area (TPSA) is 96.1 Å². The van der Waals surface area contributed by atoms with Crippen LogP contribution in [-0.4, -0.2) is 74.4 Å². The summed E-state index contributed by atoms with van der Waals surface area (Å²) in [6, 6.07) is 14.4. The SMILES string of the molecule is COc1cc2cc(CN(CCN3CCOCC3)C(=O)Nc3ccccc3)c(=O)[nH]c2cc1OC. The lowest BCUT2D eigenvalue weighted by Gasteiger charge is -2.30. The molecule has 2 heterocycles. The van der Waals surface area contributed by atoms with E-state index in [2.05, 4.69) is 15.2 Å². The number of anilines is 1. The van der Waals surface area contributed by atoms with Crippen molar-refractivity contribution in [2.75, 3.05) is 58.9 Å². The van der Waals surface area contributed by atoms with Crippen molar-refractivity contribution in [3.8, 4) is 11.5 Å². The highest BCUT2D eigenvalue weighted by atomic mass is 16.5. The summed E-state index contributed by atoms with van der Waals surface area (Å²) in [5.41, 5.74) is 1.58. The van der Waals surface area contributed by atoms with Gasteiger partial charge in [-0.05, 0) is 24.3 Å². The number of nitrogens with zero attached hydrogens (tertiary/aromatic N) is 2. The first kappa shape index (κ1) is 23.6. The Morgan fingerprint density at radius 1 is 1.09 bits per heavy atom. The number of morpholine rings is 1. The van der Waals surface area contributed by atoms with Crippen molar-refractivity contribution in [2.24, 2.45) is 0 Å². The molecule has 1 fully saturated rings. The number of aromatic nitrogens is 1. The van der Waals surface area contributed by atoms with Gasteiger partial charge in [-0.1, -0.05) is 18.2 Å². The highest BCUT2D eigenvalue weighted by Gasteiger charge is 2.19. The summed E-state index contributed by atoms with van der Waals surface area (Å²) in [5, 5.41) is 3.73. The molecule has 1 saturated heterocycles. The molecule has 0 aliphatic carbocycles. The van der Waals surface area contributed by atoms with E-state index in [-0.39, 0.29) is 18.1 Å². The lowest BCUT2D eigenvalue weighted by molar-refractivity contribution is 0.0349. The lowest BCUT2D eigenvalue weighted by atomic mass is 10.1. The molecule has 2 aromatic carbocycles. The van der Waals surface area contributed by atoms with Crippen molar-refractivity contribution < 1.29 is 19.0 Å². The fraction of sp³-hybridized carbons (Fsp3) is 0.360. The van der Waals surface area contributed by atoms with Gasteiger partial charge in [0.15, 0.2) is 11.5 Å². The number of para-hydroxylation sites is 1. The number of fused-ring (bicyclic) bond motifs is 1. The van der Waals surface area contributed by atoms with Crippen LogP contribution in [0.4, 0.5) is 10.5 Å². The Labute approximate surface area is 198 Å². The van der Waals surface area contributed by atoms with E-state index in [4.69, 9.17) is 14.2 Å². The maximum atomic E-state index is 13.2. The summed E-state index contributed by atoms with van der Waals surface area (Å²) in [6.45, 7) is 4.36. The van der Waals surface area contributed by atoms with Gasteiger partial charge in [0.2, 0.25) is 0 Å². The van der Waals surface area contributed by atoms with Gasteiger partial charge in [0.1, 0.15) is 0 Å². The van der Waals surface area contributed by atoms with E-state index in [0.29, 0.717) is 54.6 Å². The predicted octanol–water partition coefficient (Wildman–Crippen LogP) is 2.91. The van der Waals surface area contributed by atoms with Crippen LogP contribution in [0.2, 0.25) is 0 Å². The number of pyridine rings is 1. The summed E-state index contributed by atoms with van der Waals surface area (Å²) in [6.07, 6.45) is 0. The average Bonchev–Trinajstić information content (AvgIpc) is 2.87. The van der Waals surface area contributed by atoms with Gasteiger partial charge >= 0.3 is 6.03 Å². The molecule has 0 spiro atoms. The van der Waals surface area contributed by atoms with E-state index in [1.807, 2.05) is 36.4 Å². The van der Waals surface area contributed by atoms with Crippen molar-refractivity contribution >= 4 is 22.6 Å². The summed E-state index contributed by atoms with van der Waals surface area (Å²) < 4.78 is 16.2. The van der Waals surface area contributed by atoms with Crippen LogP contribution in [-0.2, 0) is 11.3 Å². The number of H-pyrrole nitrogens is 1. The molecular weight excluding hydrogens is 436 g/mol. The van der Waals surface area contributed by atoms with E-state index in [9.17, 15) is 9.59 Å². The number of carbonyl (C=O) groups is 1. The molecule has 9 heteroatoms. The van der Waals surface area contributed by atoms with Crippen LogP contribution in [0.25, 0.3) is 10.9 Å². The molecular formula is C25H30N4O5. The second kappa shape index (κ2) is 11.0. The molecule has 4 rings (SSSR count). The minimum Gasteiger partial charge on any atom is -0.493 e. The Hall–Kier alpha value is -3.56. The number of benzene rings is 2. The molecule has 0 radical (unpaired) electrons. The van der Waals surface area contributed by atoms with Crippen LogP contribution in [0.1, 0.15) is 5.56 Å². The second-order valence-electron chi connectivity index (χ2n) is 8.09. The monoisotopic (exact) mass is 466 g/mol. The van der Waals surface area contributed by atoms with E-state index in [0.717, 1.165) is 18.5 Å². The van der Waals surface area contributed by atoms with Crippen LogP contribution in [0.15, 0.2) is 53.3 Å². The number of ether oxygens (including phenoxy) is 3. The molecule has 3 aromatic rings. The predicted molar refractivity (Wildman–Crippen MR) is 131 cm³/mol. The minimum atomic E-state index is -0.258. The van der Waals surface area contributed by atoms with Crippen molar-refractivity contribution in [1.29, 1.82) is 0 Å². The first-order chi connectivity index (χ1) is 16.6. The summed E-state index contributed by atoms with van der Waals surface area (Å²) in [4.78, 5) is 32.9.